The first-order valence-corrected chi connectivity index (χ1v) is 10.7. The molecule has 1 saturated carbocycles. The number of hydrogen-bond donors (Lipinski definition) is 1. The highest BCUT2D eigenvalue weighted by molar-refractivity contribution is 5.94. The van der Waals surface area contributed by atoms with Crippen molar-refractivity contribution in [2.75, 3.05) is 18.4 Å². The maximum atomic E-state index is 12.5. The maximum Gasteiger partial charge on any atom is 0.227 e. The molecule has 6 heteroatoms. The Kier molecular flexibility index (Phi) is 5.64. The number of imidazole rings is 1. The number of carbonyl (C=O) groups is 2. The molecule has 150 valence electrons. The van der Waals surface area contributed by atoms with Crippen LogP contribution in [-0.2, 0) is 23.1 Å². The van der Waals surface area contributed by atoms with Crippen LogP contribution in [0.25, 0.3) is 11.0 Å². The van der Waals surface area contributed by atoms with Crippen LogP contribution in [0.5, 0.6) is 0 Å². The zero-order valence-electron chi connectivity index (χ0n) is 16.7. The van der Waals surface area contributed by atoms with Crippen LogP contribution in [0.2, 0.25) is 0 Å². The van der Waals surface area contributed by atoms with E-state index in [1.807, 2.05) is 30.1 Å². The lowest BCUT2D eigenvalue weighted by Gasteiger charge is -2.26. The molecule has 0 unspecified atom stereocenters. The molecule has 2 aliphatic rings. The normalized spacial score (nSPS) is 18.6. The molecule has 0 spiro atoms. The fraction of sp³-hybridized carbons (Fsp3) is 0.591. The topological polar surface area (TPSA) is 67.2 Å². The lowest BCUT2D eigenvalue weighted by molar-refractivity contribution is -0.133. The van der Waals surface area contributed by atoms with Gasteiger partial charge in [-0.25, -0.2) is 4.98 Å². The quantitative estimate of drug-likeness (QED) is 0.858. The molecule has 0 bridgehead atoms. The summed E-state index contributed by atoms with van der Waals surface area (Å²) in [5.74, 6) is 1.52. The van der Waals surface area contributed by atoms with Gasteiger partial charge >= 0.3 is 0 Å². The Morgan fingerprint density at radius 3 is 2.79 bits per heavy atom. The second-order valence-electron chi connectivity index (χ2n) is 8.20. The molecular weight excluding hydrogens is 352 g/mol. The summed E-state index contributed by atoms with van der Waals surface area (Å²) in [5.41, 5.74) is 2.76. The van der Waals surface area contributed by atoms with Crippen LogP contribution in [0.4, 0.5) is 5.69 Å². The Morgan fingerprint density at radius 1 is 1.18 bits per heavy atom. The van der Waals surface area contributed by atoms with E-state index < -0.39 is 0 Å². The van der Waals surface area contributed by atoms with Crippen molar-refractivity contribution in [1.29, 1.82) is 0 Å². The smallest absolute Gasteiger partial charge is 0.227 e. The van der Waals surface area contributed by atoms with Gasteiger partial charge in [0.05, 0.1) is 11.0 Å². The average molecular weight is 383 g/mol. The van der Waals surface area contributed by atoms with E-state index in [0.29, 0.717) is 6.42 Å². The predicted octanol–water partition coefficient (Wildman–Crippen LogP) is 3.65. The van der Waals surface area contributed by atoms with Crippen molar-refractivity contribution < 1.29 is 9.59 Å². The Hall–Kier alpha value is -2.37. The van der Waals surface area contributed by atoms with E-state index in [9.17, 15) is 9.59 Å². The Bertz CT molecular complexity index is 867. The summed E-state index contributed by atoms with van der Waals surface area (Å²) in [4.78, 5) is 31.3. The number of rotatable bonds is 5. The van der Waals surface area contributed by atoms with Crippen LogP contribution in [0.1, 0.15) is 57.2 Å². The van der Waals surface area contributed by atoms with E-state index in [1.54, 1.807) is 0 Å². The van der Waals surface area contributed by atoms with Gasteiger partial charge in [0.25, 0.3) is 0 Å². The molecule has 1 saturated heterocycles. The minimum Gasteiger partial charge on any atom is -0.342 e. The minimum atomic E-state index is 0.138. The summed E-state index contributed by atoms with van der Waals surface area (Å²) in [7, 11) is 2.02. The van der Waals surface area contributed by atoms with Crippen molar-refractivity contribution in [1.82, 2.24) is 14.5 Å². The molecule has 1 aromatic carbocycles. The number of fused-ring (bicyclic) bond motifs is 1. The SMILES string of the molecule is Cn1c(CCN2CCCCC2=O)nc2cc(NC(=O)C3CCCCC3)ccc21. The second kappa shape index (κ2) is 8.33. The van der Waals surface area contributed by atoms with E-state index in [2.05, 4.69) is 9.88 Å². The van der Waals surface area contributed by atoms with E-state index in [1.165, 1.54) is 6.42 Å². The monoisotopic (exact) mass is 382 g/mol. The molecule has 1 aliphatic heterocycles. The summed E-state index contributed by atoms with van der Waals surface area (Å²) >= 11 is 0. The minimum absolute atomic E-state index is 0.138. The molecule has 1 aliphatic carbocycles. The second-order valence-corrected chi connectivity index (χ2v) is 8.20. The molecule has 1 aromatic heterocycles. The van der Waals surface area contributed by atoms with Gasteiger partial charge in [-0.1, -0.05) is 19.3 Å². The van der Waals surface area contributed by atoms with Crippen LogP contribution in [-0.4, -0.2) is 39.4 Å². The van der Waals surface area contributed by atoms with Crippen molar-refractivity contribution in [3.63, 3.8) is 0 Å². The van der Waals surface area contributed by atoms with Crippen molar-refractivity contribution in [3.05, 3.63) is 24.0 Å². The molecule has 28 heavy (non-hydrogen) atoms. The molecule has 2 heterocycles. The largest absolute Gasteiger partial charge is 0.342 e. The summed E-state index contributed by atoms with van der Waals surface area (Å²) < 4.78 is 2.09. The van der Waals surface area contributed by atoms with Crippen molar-refractivity contribution in [2.45, 2.75) is 57.8 Å². The molecule has 2 aromatic rings. The molecule has 0 radical (unpaired) electrons. The van der Waals surface area contributed by atoms with Gasteiger partial charge in [-0.3, -0.25) is 9.59 Å². The van der Waals surface area contributed by atoms with E-state index in [0.717, 1.165) is 80.6 Å². The molecule has 6 nitrogen and oxygen atoms in total. The fourth-order valence-electron chi connectivity index (χ4n) is 4.49. The fourth-order valence-corrected chi connectivity index (χ4v) is 4.49. The van der Waals surface area contributed by atoms with Crippen LogP contribution < -0.4 is 5.32 Å². The van der Waals surface area contributed by atoms with Gasteiger partial charge in [-0.05, 0) is 43.9 Å². The Balaban J connectivity index is 1.44. The van der Waals surface area contributed by atoms with Crippen LogP contribution in [0.15, 0.2) is 18.2 Å². The van der Waals surface area contributed by atoms with Gasteiger partial charge in [0.2, 0.25) is 11.8 Å². The first kappa shape index (κ1) is 19.0. The summed E-state index contributed by atoms with van der Waals surface area (Å²) in [5, 5.41) is 3.08. The van der Waals surface area contributed by atoms with Crippen molar-refractivity contribution in [2.24, 2.45) is 13.0 Å². The van der Waals surface area contributed by atoms with Gasteiger partial charge in [-0.2, -0.15) is 0 Å². The number of aryl methyl sites for hydroxylation is 1. The lowest BCUT2D eigenvalue weighted by Crippen LogP contribution is -2.36. The van der Waals surface area contributed by atoms with Crippen molar-refractivity contribution in [3.8, 4) is 0 Å². The van der Waals surface area contributed by atoms with E-state index in [-0.39, 0.29) is 17.7 Å². The Morgan fingerprint density at radius 2 is 2.00 bits per heavy atom. The molecular formula is C22H30N4O2. The zero-order valence-corrected chi connectivity index (χ0v) is 16.7. The number of aromatic nitrogens is 2. The van der Waals surface area contributed by atoms with Gasteiger partial charge in [0, 0.05) is 44.6 Å². The highest BCUT2D eigenvalue weighted by atomic mass is 16.2. The molecule has 0 atom stereocenters. The van der Waals surface area contributed by atoms with E-state index >= 15 is 0 Å². The number of nitrogens with zero attached hydrogens (tertiary/aromatic N) is 3. The Labute approximate surface area is 166 Å². The predicted molar refractivity (Wildman–Crippen MR) is 110 cm³/mol. The molecule has 2 fully saturated rings. The molecule has 1 N–H and O–H groups in total. The standard InChI is InChI=1S/C22H30N4O2/c1-25-19-11-10-17(23-22(28)16-7-3-2-4-8-16)15-18(19)24-20(25)12-14-26-13-6-5-9-21(26)27/h10-11,15-16H,2-9,12-14H2,1H3,(H,23,28). The number of amides is 2. The average Bonchev–Trinajstić information content (AvgIpc) is 3.03. The highest BCUT2D eigenvalue weighted by Gasteiger charge is 2.22. The van der Waals surface area contributed by atoms with Crippen LogP contribution >= 0.6 is 0 Å². The van der Waals surface area contributed by atoms with Gasteiger partial charge < -0.3 is 14.8 Å². The van der Waals surface area contributed by atoms with Crippen molar-refractivity contribution >= 4 is 28.5 Å². The number of piperidine rings is 1. The molecule has 2 amide bonds. The zero-order chi connectivity index (χ0) is 19.5. The first-order chi connectivity index (χ1) is 13.6. The van der Waals surface area contributed by atoms with Gasteiger partial charge in [0.15, 0.2) is 0 Å². The number of carbonyl (C=O) groups excluding carboxylic acids is 2. The van der Waals surface area contributed by atoms with E-state index in [4.69, 9.17) is 4.98 Å². The van der Waals surface area contributed by atoms with Gasteiger partial charge in [-0.15, -0.1) is 0 Å². The lowest BCUT2D eigenvalue weighted by atomic mass is 9.88. The van der Waals surface area contributed by atoms with Crippen LogP contribution in [0, 0.1) is 5.92 Å². The third kappa shape index (κ3) is 4.05. The summed E-state index contributed by atoms with van der Waals surface area (Å²) in [6.07, 6.45) is 9.08. The van der Waals surface area contributed by atoms with Gasteiger partial charge in [0.1, 0.15) is 5.82 Å². The molecule has 4 rings (SSSR count). The number of benzene rings is 1. The van der Waals surface area contributed by atoms with Crippen LogP contribution in [0.3, 0.4) is 0 Å². The number of anilines is 1. The maximum absolute atomic E-state index is 12.5. The highest BCUT2D eigenvalue weighted by Crippen LogP contribution is 2.26. The third-order valence-electron chi connectivity index (χ3n) is 6.24. The number of nitrogens with one attached hydrogen (secondary N) is 1. The summed E-state index contributed by atoms with van der Waals surface area (Å²) in [6, 6.07) is 5.95. The summed E-state index contributed by atoms with van der Waals surface area (Å²) in [6.45, 7) is 1.58. The number of hydrogen-bond acceptors (Lipinski definition) is 3. The number of likely N-dealkylation sites (tertiary alicyclic amines) is 1. The third-order valence-corrected chi connectivity index (χ3v) is 6.24. The first-order valence-electron chi connectivity index (χ1n) is 10.7.